The van der Waals surface area contributed by atoms with E-state index >= 15 is 0 Å². The number of nitrogen functional groups attached to an aromatic ring is 1. The molecule has 1 aliphatic heterocycles. The SMILES string of the molecule is Nc1ncccc1-c1nc2ccc(-n3cccn3)nc2n1-c1ccc2c(c1)CCC2/C=[N+]1\C=C(c2cccnc2)N=N1. The van der Waals surface area contributed by atoms with Crippen molar-refractivity contribution in [2.24, 2.45) is 10.3 Å². The van der Waals surface area contributed by atoms with Crippen LogP contribution in [0, 0.1) is 0 Å². The number of aryl methyl sites for hydroxylation is 1. The molecule has 8 rings (SSSR count). The Morgan fingerprint density at radius 1 is 0.976 bits per heavy atom. The van der Waals surface area contributed by atoms with Crippen molar-refractivity contribution in [2.45, 2.75) is 18.8 Å². The summed E-state index contributed by atoms with van der Waals surface area (Å²) in [6.45, 7) is 0. The van der Waals surface area contributed by atoms with Crippen LogP contribution in [0.3, 0.4) is 0 Å². The average molecular weight is 551 g/mol. The molecular formula is C31H24N11+. The average Bonchev–Trinajstić information content (AvgIpc) is 3.84. The highest BCUT2D eigenvalue weighted by Gasteiger charge is 2.27. The zero-order valence-electron chi connectivity index (χ0n) is 22.4. The number of nitrogens with zero attached hydrogens (tertiary/aromatic N) is 10. The van der Waals surface area contributed by atoms with Crippen molar-refractivity contribution in [3.63, 3.8) is 0 Å². The lowest BCUT2D eigenvalue weighted by molar-refractivity contribution is -0.460. The van der Waals surface area contributed by atoms with Gasteiger partial charge in [-0.05, 0) is 78.6 Å². The fourth-order valence-corrected chi connectivity index (χ4v) is 5.62. The first-order valence-corrected chi connectivity index (χ1v) is 13.6. The summed E-state index contributed by atoms with van der Waals surface area (Å²) in [6.07, 6.45) is 14.8. The lowest BCUT2D eigenvalue weighted by atomic mass is 10.0. The van der Waals surface area contributed by atoms with Gasteiger partial charge in [-0.2, -0.15) is 5.10 Å². The van der Waals surface area contributed by atoms with E-state index < -0.39 is 0 Å². The van der Waals surface area contributed by atoms with Gasteiger partial charge >= 0.3 is 0 Å². The van der Waals surface area contributed by atoms with Crippen LogP contribution in [0.25, 0.3) is 39.8 Å². The summed E-state index contributed by atoms with van der Waals surface area (Å²) in [6, 6.07) is 20.0. The van der Waals surface area contributed by atoms with Gasteiger partial charge in [0.15, 0.2) is 23.5 Å². The Labute approximate surface area is 240 Å². The predicted molar refractivity (Wildman–Crippen MR) is 158 cm³/mol. The topological polar surface area (TPSA) is 128 Å². The smallest absolute Gasteiger partial charge is 0.253 e. The predicted octanol–water partition coefficient (Wildman–Crippen LogP) is 5.14. The summed E-state index contributed by atoms with van der Waals surface area (Å²) in [4.78, 5) is 18.4. The first-order valence-electron chi connectivity index (χ1n) is 13.6. The second-order valence-corrected chi connectivity index (χ2v) is 10.2. The second-order valence-electron chi connectivity index (χ2n) is 10.2. The van der Waals surface area contributed by atoms with Gasteiger partial charge in [0, 0.05) is 42.6 Å². The molecule has 0 saturated carbocycles. The van der Waals surface area contributed by atoms with Gasteiger partial charge in [-0.25, -0.2) is 19.6 Å². The van der Waals surface area contributed by atoms with Gasteiger partial charge in [-0.15, -0.1) is 4.68 Å². The molecule has 0 spiro atoms. The van der Waals surface area contributed by atoms with Crippen LogP contribution < -0.4 is 5.73 Å². The number of nitrogens with two attached hydrogens (primary N) is 1. The summed E-state index contributed by atoms with van der Waals surface area (Å²) in [5.74, 6) is 2.02. The summed E-state index contributed by atoms with van der Waals surface area (Å²) in [5, 5.41) is 13.0. The van der Waals surface area contributed by atoms with E-state index in [1.54, 1.807) is 29.5 Å². The van der Waals surface area contributed by atoms with Crippen LogP contribution in [-0.2, 0) is 6.42 Å². The minimum absolute atomic E-state index is 0.218. The summed E-state index contributed by atoms with van der Waals surface area (Å²) < 4.78 is 5.61. The van der Waals surface area contributed by atoms with Crippen molar-refractivity contribution in [1.29, 1.82) is 0 Å². The Hall–Kier alpha value is -5.84. The van der Waals surface area contributed by atoms with Crippen LogP contribution in [-0.4, -0.2) is 45.2 Å². The molecule has 2 N–H and O–H groups in total. The van der Waals surface area contributed by atoms with Crippen molar-refractivity contribution in [3.8, 4) is 22.9 Å². The fourth-order valence-electron chi connectivity index (χ4n) is 5.62. The van der Waals surface area contributed by atoms with Crippen molar-refractivity contribution < 1.29 is 4.68 Å². The van der Waals surface area contributed by atoms with Crippen LogP contribution in [0.4, 0.5) is 5.82 Å². The zero-order valence-corrected chi connectivity index (χ0v) is 22.4. The molecule has 6 aromatic rings. The van der Waals surface area contributed by atoms with Gasteiger partial charge in [-0.3, -0.25) is 9.55 Å². The third kappa shape index (κ3) is 4.06. The van der Waals surface area contributed by atoms with E-state index in [1.165, 1.54) is 11.1 Å². The molecular weight excluding hydrogens is 526 g/mol. The molecule has 0 saturated heterocycles. The van der Waals surface area contributed by atoms with E-state index in [-0.39, 0.29) is 5.92 Å². The molecule has 1 unspecified atom stereocenters. The van der Waals surface area contributed by atoms with Gasteiger partial charge < -0.3 is 5.73 Å². The van der Waals surface area contributed by atoms with Crippen LogP contribution in [0.5, 0.6) is 0 Å². The molecule has 0 fully saturated rings. The molecule has 6 heterocycles. The Balaban J connectivity index is 1.21. The third-order valence-electron chi connectivity index (χ3n) is 7.62. The molecule has 1 atom stereocenters. The van der Waals surface area contributed by atoms with Crippen LogP contribution >= 0.6 is 0 Å². The fraction of sp³-hybridized carbons (Fsp3) is 0.0968. The van der Waals surface area contributed by atoms with E-state index in [0.717, 1.165) is 40.9 Å². The number of hydrogen-bond acceptors (Lipinski definition) is 8. The van der Waals surface area contributed by atoms with Gasteiger partial charge in [0.05, 0.1) is 16.2 Å². The van der Waals surface area contributed by atoms with E-state index in [1.807, 2.05) is 59.5 Å². The van der Waals surface area contributed by atoms with E-state index in [2.05, 4.69) is 54.4 Å². The molecule has 0 amide bonds. The molecule has 202 valence electrons. The Bertz CT molecular complexity index is 2050. The highest BCUT2D eigenvalue weighted by atomic mass is 15.5. The number of pyridine rings is 3. The Morgan fingerprint density at radius 3 is 2.79 bits per heavy atom. The molecule has 5 aromatic heterocycles. The van der Waals surface area contributed by atoms with E-state index in [4.69, 9.17) is 15.7 Å². The largest absolute Gasteiger partial charge is 0.383 e. The molecule has 2 aliphatic rings. The first-order chi connectivity index (χ1) is 20.7. The third-order valence-corrected chi connectivity index (χ3v) is 7.62. The number of anilines is 1. The number of benzene rings is 1. The summed E-state index contributed by atoms with van der Waals surface area (Å²) in [7, 11) is 0. The van der Waals surface area contributed by atoms with Gasteiger partial charge in [0.2, 0.25) is 0 Å². The van der Waals surface area contributed by atoms with Crippen LogP contribution in [0.1, 0.15) is 29.0 Å². The number of imidazole rings is 1. The monoisotopic (exact) mass is 550 g/mol. The maximum atomic E-state index is 6.33. The Kier molecular flexibility index (Phi) is 5.52. The molecule has 1 aromatic carbocycles. The minimum Gasteiger partial charge on any atom is -0.383 e. The van der Waals surface area contributed by atoms with Crippen molar-refractivity contribution in [1.82, 2.24) is 34.3 Å². The maximum absolute atomic E-state index is 6.33. The zero-order chi connectivity index (χ0) is 28.0. The normalized spacial score (nSPS) is 16.8. The first kappa shape index (κ1) is 24.0. The summed E-state index contributed by atoms with van der Waals surface area (Å²) in [5.41, 5.74) is 13.8. The lowest BCUT2D eigenvalue weighted by Crippen LogP contribution is -2.05. The second kappa shape index (κ2) is 9.66. The van der Waals surface area contributed by atoms with Gasteiger partial charge in [-0.1, -0.05) is 6.07 Å². The van der Waals surface area contributed by atoms with Crippen LogP contribution in [0.15, 0.2) is 108 Å². The van der Waals surface area contributed by atoms with E-state index in [9.17, 15) is 0 Å². The highest BCUT2D eigenvalue weighted by molar-refractivity contribution is 5.83. The number of hydrogen-bond donors (Lipinski definition) is 1. The number of aromatic nitrogens is 7. The minimum atomic E-state index is 0.218. The lowest BCUT2D eigenvalue weighted by Gasteiger charge is -2.13. The van der Waals surface area contributed by atoms with Crippen molar-refractivity contribution in [2.75, 3.05) is 5.73 Å². The molecule has 0 bridgehead atoms. The molecule has 0 radical (unpaired) electrons. The standard InChI is InChI=1S/C31H24N11/c32-29-25(5-2-13-34-29)30-36-26-10-11-28(41-15-3-14-35-41)37-31(26)42(30)23-8-9-24-20(16-23)6-7-22(24)18-40-19-27(38-39-40)21-4-1-12-33-17-21/h1-5,8-19,22H,6-7H2,(H2,32,34)/q+1/b40-18+. The molecule has 42 heavy (non-hydrogen) atoms. The van der Waals surface area contributed by atoms with Gasteiger partial charge in [0.25, 0.3) is 5.70 Å². The quantitative estimate of drug-likeness (QED) is 0.296. The number of rotatable bonds is 5. The van der Waals surface area contributed by atoms with Crippen LogP contribution in [0.2, 0.25) is 0 Å². The molecule has 1 aliphatic carbocycles. The van der Waals surface area contributed by atoms with Crippen molar-refractivity contribution in [3.05, 3.63) is 115 Å². The summed E-state index contributed by atoms with van der Waals surface area (Å²) >= 11 is 0. The van der Waals surface area contributed by atoms with E-state index in [0.29, 0.717) is 23.1 Å². The van der Waals surface area contributed by atoms with Crippen molar-refractivity contribution >= 4 is 28.9 Å². The van der Waals surface area contributed by atoms with Gasteiger partial charge in [0.1, 0.15) is 22.8 Å². The highest BCUT2D eigenvalue weighted by Crippen LogP contribution is 2.36. The maximum Gasteiger partial charge on any atom is 0.253 e. The molecule has 11 nitrogen and oxygen atoms in total. The Morgan fingerprint density at radius 2 is 1.93 bits per heavy atom. The number of fused-ring (bicyclic) bond motifs is 2. The molecule has 11 heteroatoms.